The van der Waals surface area contributed by atoms with Crippen LogP contribution < -0.4 is 10.9 Å². The highest BCUT2D eigenvalue weighted by Crippen LogP contribution is 2.20. The van der Waals surface area contributed by atoms with Gasteiger partial charge < -0.3 is 10.3 Å². The number of aromatic nitrogens is 2. The lowest BCUT2D eigenvalue weighted by atomic mass is 10.2. The number of carbonyl (C=O) groups is 1. The van der Waals surface area contributed by atoms with E-state index >= 15 is 0 Å². The highest BCUT2D eigenvalue weighted by molar-refractivity contribution is 9.10. The number of halogens is 1. The second-order valence-corrected chi connectivity index (χ2v) is 6.51. The number of hydrogen-bond acceptors (Lipinski definition) is 4. The second kappa shape index (κ2) is 7.60. The fourth-order valence-electron chi connectivity index (χ4n) is 1.79. The molecular weight excluding hydrogens is 366 g/mol. The molecule has 2 rings (SSSR count). The average molecular weight is 382 g/mol. The van der Waals surface area contributed by atoms with E-state index in [1.54, 1.807) is 0 Å². The highest BCUT2D eigenvalue weighted by atomic mass is 79.9. The molecule has 116 valence electrons. The molecule has 1 aromatic heterocycles. The number of nitrogens with zero attached hydrogens (tertiary/aromatic N) is 1. The first kappa shape index (κ1) is 16.8. The number of rotatable bonds is 5. The molecule has 1 amide bonds. The van der Waals surface area contributed by atoms with Crippen molar-refractivity contribution in [1.29, 1.82) is 0 Å². The summed E-state index contributed by atoms with van der Waals surface area (Å²) in [5.41, 5.74) is 2.32. The standard InChI is InChI=1S/C15H16BrN3O2S/c1-3-10-7-13(20)19-15(18-10)22-8-14(21)17-11-4-5-12(16)9(2)6-11/h4-7H,3,8H2,1-2H3,(H,17,21)(H,18,19,20). The van der Waals surface area contributed by atoms with Crippen molar-refractivity contribution in [3.63, 3.8) is 0 Å². The Kier molecular flexibility index (Phi) is 5.79. The smallest absolute Gasteiger partial charge is 0.251 e. The van der Waals surface area contributed by atoms with Crippen molar-refractivity contribution in [2.24, 2.45) is 0 Å². The van der Waals surface area contributed by atoms with Crippen molar-refractivity contribution in [3.8, 4) is 0 Å². The third-order valence-corrected chi connectivity index (χ3v) is 4.68. The molecule has 0 atom stereocenters. The van der Waals surface area contributed by atoms with E-state index in [1.807, 2.05) is 32.0 Å². The summed E-state index contributed by atoms with van der Waals surface area (Å²) in [6, 6.07) is 7.08. The van der Waals surface area contributed by atoms with Gasteiger partial charge in [0.05, 0.1) is 5.75 Å². The van der Waals surface area contributed by atoms with Gasteiger partial charge in [0.2, 0.25) is 5.91 Å². The number of aromatic amines is 1. The number of nitrogens with one attached hydrogen (secondary N) is 2. The van der Waals surface area contributed by atoms with Crippen LogP contribution in [0.3, 0.4) is 0 Å². The summed E-state index contributed by atoms with van der Waals surface area (Å²) in [6.45, 7) is 3.89. The van der Waals surface area contributed by atoms with E-state index in [9.17, 15) is 9.59 Å². The number of hydrogen-bond donors (Lipinski definition) is 2. The monoisotopic (exact) mass is 381 g/mol. The lowest BCUT2D eigenvalue weighted by Gasteiger charge is -2.07. The Hall–Kier alpha value is -1.60. The van der Waals surface area contributed by atoms with Gasteiger partial charge in [-0.25, -0.2) is 4.98 Å². The summed E-state index contributed by atoms with van der Waals surface area (Å²) < 4.78 is 0.998. The van der Waals surface area contributed by atoms with E-state index in [4.69, 9.17) is 0 Å². The molecule has 2 N–H and O–H groups in total. The number of thioether (sulfide) groups is 1. The minimum absolute atomic E-state index is 0.142. The number of aryl methyl sites for hydroxylation is 2. The maximum absolute atomic E-state index is 12.0. The first-order valence-corrected chi connectivity index (χ1v) is 8.55. The molecule has 0 unspecified atom stereocenters. The van der Waals surface area contributed by atoms with Crippen molar-refractivity contribution in [1.82, 2.24) is 9.97 Å². The molecule has 0 saturated carbocycles. The van der Waals surface area contributed by atoms with Crippen molar-refractivity contribution >= 4 is 39.3 Å². The topological polar surface area (TPSA) is 74.8 Å². The van der Waals surface area contributed by atoms with Crippen LogP contribution in [-0.4, -0.2) is 21.6 Å². The first-order chi connectivity index (χ1) is 10.5. The average Bonchev–Trinajstić information content (AvgIpc) is 2.48. The van der Waals surface area contributed by atoms with Crippen LogP contribution in [0.2, 0.25) is 0 Å². The van der Waals surface area contributed by atoms with E-state index in [2.05, 4.69) is 31.2 Å². The molecule has 0 aliphatic heterocycles. The van der Waals surface area contributed by atoms with Gasteiger partial charge in [-0.3, -0.25) is 9.59 Å². The normalized spacial score (nSPS) is 10.5. The minimum Gasteiger partial charge on any atom is -0.325 e. The highest BCUT2D eigenvalue weighted by Gasteiger charge is 2.07. The number of H-pyrrole nitrogens is 1. The Morgan fingerprint density at radius 2 is 2.18 bits per heavy atom. The summed E-state index contributed by atoms with van der Waals surface area (Å²) in [4.78, 5) is 30.3. The van der Waals surface area contributed by atoms with Gasteiger partial charge in [0.15, 0.2) is 5.16 Å². The number of benzene rings is 1. The predicted molar refractivity (Wildman–Crippen MR) is 92.5 cm³/mol. The molecule has 5 nitrogen and oxygen atoms in total. The van der Waals surface area contributed by atoms with Crippen LogP contribution in [-0.2, 0) is 11.2 Å². The van der Waals surface area contributed by atoms with E-state index in [0.29, 0.717) is 11.6 Å². The van der Waals surface area contributed by atoms with Crippen LogP contribution >= 0.6 is 27.7 Å². The SMILES string of the molecule is CCc1cc(=O)[nH]c(SCC(=O)Nc2ccc(Br)c(C)c2)n1. The van der Waals surface area contributed by atoms with Crippen LogP contribution in [0.1, 0.15) is 18.2 Å². The van der Waals surface area contributed by atoms with Crippen LogP contribution in [0.5, 0.6) is 0 Å². The van der Waals surface area contributed by atoms with Gasteiger partial charge in [-0.2, -0.15) is 0 Å². The number of anilines is 1. The molecule has 0 radical (unpaired) electrons. The molecule has 0 saturated heterocycles. The largest absolute Gasteiger partial charge is 0.325 e. The van der Waals surface area contributed by atoms with Gasteiger partial charge in [0, 0.05) is 21.9 Å². The molecule has 2 aromatic rings. The molecule has 0 spiro atoms. The van der Waals surface area contributed by atoms with Crippen LogP contribution in [0.25, 0.3) is 0 Å². The summed E-state index contributed by atoms with van der Waals surface area (Å²) in [7, 11) is 0. The fraction of sp³-hybridized carbons (Fsp3) is 0.267. The number of carbonyl (C=O) groups excluding carboxylic acids is 1. The third kappa shape index (κ3) is 4.71. The van der Waals surface area contributed by atoms with Gasteiger partial charge in [-0.15, -0.1) is 0 Å². The molecule has 0 aliphatic rings. The maximum atomic E-state index is 12.0. The lowest BCUT2D eigenvalue weighted by Crippen LogP contribution is -2.15. The van der Waals surface area contributed by atoms with Crippen molar-refractivity contribution in [2.45, 2.75) is 25.4 Å². The number of amides is 1. The molecule has 0 bridgehead atoms. The van der Waals surface area contributed by atoms with Gasteiger partial charge in [-0.05, 0) is 37.1 Å². The maximum Gasteiger partial charge on any atom is 0.251 e. The molecule has 0 fully saturated rings. The van der Waals surface area contributed by atoms with Gasteiger partial charge in [0.25, 0.3) is 5.56 Å². The molecule has 7 heteroatoms. The predicted octanol–water partition coefficient (Wildman–Crippen LogP) is 3.13. The Morgan fingerprint density at radius 1 is 1.41 bits per heavy atom. The Morgan fingerprint density at radius 3 is 2.86 bits per heavy atom. The zero-order valence-electron chi connectivity index (χ0n) is 12.3. The molecular formula is C15H16BrN3O2S. The summed E-state index contributed by atoms with van der Waals surface area (Å²) in [5.74, 6) is 0.0434. The molecule has 0 aliphatic carbocycles. The molecule has 1 heterocycles. The summed E-state index contributed by atoms with van der Waals surface area (Å²) >= 11 is 4.63. The zero-order valence-corrected chi connectivity index (χ0v) is 14.7. The van der Waals surface area contributed by atoms with E-state index in [1.165, 1.54) is 17.8 Å². The minimum atomic E-state index is -0.196. The molecule has 22 heavy (non-hydrogen) atoms. The Bertz CT molecular complexity index is 746. The van der Waals surface area contributed by atoms with Gasteiger partial charge in [0.1, 0.15) is 0 Å². The van der Waals surface area contributed by atoms with E-state index in [-0.39, 0.29) is 17.2 Å². The fourth-order valence-corrected chi connectivity index (χ4v) is 2.73. The quantitative estimate of drug-likeness (QED) is 0.616. The second-order valence-electron chi connectivity index (χ2n) is 4.70. The van der Waals surface area contributed by atoms with Crippen molar-refractivity contribution in [2.75, 3.05) is 11.1 Å². The first-order valence-electron chi connectivity index (χ1n) is 6.77. The summed E-state index contributed by atoms with van der Waals surface area (Å²) in [5, 5.41) is 3.29. The van der Waals surface area contributed by atoms with Crippen LogP contribution in [0, 0.1) is 6.92 Å². The van der Waals surface area contributed by atoms with Gasteiger partial charge in [-0.1, -0.05) is 34.6 Å². The Balaban J connectivity index is 1.96. The lowest BCUT2D eigenvalue weighted by molar-refractivity contribution is -0.113. The van der Waals surface area contributed by atoms with Crippen molar-refractivity contribution in [3.05, 3.63) is 50.3 Å². The van der Waals surface area contributed by atoms with Crippen LogP contribution in [0.15, 0.2) is 38.7 Å². The van der Waals surface area contributed by atoms with Crippen LogP contribution in [0.4, 0.5) is 5.69 Å². The summed E-state index contributed by atoms with van der Waals surface area (Å²) in [6.07, 6.45) is 0.682. The third-order valence-electron chi connectivity index (χ3n) is 2.92. The van der Waals surface area contributed by atoms with E-state index in [0.717, 1.165) is 21.4 Å². The van der Waals surface area contributed by atoms with Gasteiger partial charge >= 0.3 is 0 Å². The van der Waals surface area contributed by atoms with Crippen molar-refractivity contribution < 1.29 is 4.79 Å². The Labute approximate surface area is 141 Å². The van der Waals surface area contributed by atoms with E-state index < -0.39 is 0 Å². The molecule has 1 aromatic carbocycles. The zero-order chi connectivity index (χ0) is 16.1.